The molecule has 1 aromatic rings. The minimum absolute atomic E-state index is 0.123. The summed E-state index contributed by atoms with van der Waals surface area (Å²) in [6.07, 6.45) is 2.33. The van der Waals surface area contributed by atoms with Gasteiger partial charge in [0.1, 0.15) is 6.10 Å². The Kier molecular flexibility index (Phi) is 5.32. The molecule has 3 nitrogen and oxygen atoms in total. The number of hydrogen-bond donors (Lipinski definition) is 1. The first kappa shape index (κ1) is 13.9. The monoisotopic (exact) mass is 255 g/mol. The van der Waals surface area contributed by atoms with Crippen molar-refractivity contribution in [3.05, 3.63) is 35.4 Å². The fourth-order valence-electron chi connectivity index (χ4n) is 1.43. The third-order valence-corrected chi connectivity index (χ3v) is 2.64. The van der Waals surface area contributed by atoms with Crippen molar-refractivity contribution < 1.29 is 9.47 Å². The van der Waals surface area contributed by atoms with Gasteiger partial charge in [0.05, 0.1) is 12.1 Å². The van der Waals surface area contributed by atoms with Gasteiger partial charge in [0.25, 0.3) is 0 Å². The Labute approximate surface area is 107 Å². The van der Waals surface area contributed by atoms with E-state index in [2.05, 4.69) is 6.58 Å². The molecule has 0 fully saturated rings. The van der Waals surface area contributed by atoms with Crippen molar-refractivity contribution in [2.24, 2.45) is 5.73 Å². The van der Waals surface area contributed by atoms with Crippen LogP contribution in [-0.4, -0.2) is 19.8 Å². The summed E-state index contributed by atoms with van der Waals surface area (Å²) in [5.41, 5.74) is 6.55. The Morgan fingerprint density at radius 3 is 2.76 bits per heavy atom. The molecule has 0 radical (unpaired) electrons. The van der Waals surface area contributed by atoms with E-state index in [0.717, 1.165) is 12.0 Å². The molecule has 0 aliphatic rings. The number of benzene rings is 1. The van der Waals surface area contributed by atoms with Crippen LogP contribution in [0.1, 0.15) is 12.5 Å². The first-order chi connectivity index (χ1) is 8.12. The van der Waals surface area contributed by atoms with Crippen LogP contribution < -0.4 is 15.2 Å². The third kappa shape index (κ3) is 3.65. The molecule has 0 aromatic heterocycles. The van der Waals surface area contributed by atoms with Gasteiger partial charge in [-0.1, -0.05) is 24.3 Å². The Morgan fingerprint density at radius 2 is 2.24 bits per heavy atom. The average molecular weight is 256 g/mol. The highest BCUT2D eigenvalue weighted by atomic mass is 35.5. The molecule has 0 bridgehead atoms. The maximum atomic E-state index is 6.17. The number of nitrogens with two attached hydrogens (primary N) is 1. The summed E-state index contributed by atoms with van der Waals surface area (Å²) >= 11 is 6.17. The van der Waals surface area contributed by atoms with Crippen molar-refractivity contribution in [3.8, 4) is 11.5 Å². The van der Waals surface area contributed by atoms with Crippen LogP contribution in [0.15, 0.2) is 24.8 Å². The largest absolute Gasteiger partial charge is 0.493 e. The van der Waals surface area contributed by atoms with Gasteiger partial charge in [-0.2, -0.15) is 0 Å². The van der Waals surface area contributed by atoms with Crippen molar-refractivity contribution >= 4 is 11.6 Å². The molecule has 94 valence electrons. The quantitative estimate of drug-likeness (QED) is 0.795. The van der Waals surface area contributed by atoms with Crippen molar-refractivity contribution in [1.29, 1.82) is 0 Å². The normalized spacial score (nSPS) is 12.0. The molecule has 1 unspecified atom stereocenters. The predicted molar refractivity (Wildman–Crippen MR) is 71.0 cm³/mol. The van der Waals surface area contributed by atoms with Crippen molar-refractivity contribution in [2.75, 3.05) is 13.7 Å². The van der Waals surface area contributed by atoms with Crippen LogP contribution in [0, 0.1) is 0 Å². The minimum atomic E-state index is -0.123. The summed E-state index contributed by atoms with van der Waals surface area (Å²) in [5, 5.41) is 0.529. The summed E-state index contributed by atoms with van der Waals surface area (Å²) < 4.78 is 10.9. The standard InChI is InChI=1S/C13H18ClNO2/c1-4-9(2)17-13-11(14)7-10(5-6-15)8-12(13)16-3/h4,7-9H,1,5-6,15H2,2-3H3. The smallest absolute Gasteiger partial charge is 0.180 e. The molecule has 1 aromatic carbocycles. The molecule has 1 atom stereocenters. The Bertz CT molecular complexity index is 393. The zero-order valence-corrected chi connectivity index (χ0v) is 11.0. The lowest BCUT2D eigenvalue weighted by molar-refractivity contribution is 0.254. The van der Waals surface area contributed by atoms with Gasteiger partial charge in [0.2, 0.25) is 0 Å². The Morgan fingerprint density at radius 1 is 1.53 bits per heavy atom. The molecular formula is C13H18ClNO2. The number of methoxy groups -OCH3 is 1. The minimum Gasteiger partial charge on any atom is -0.493 e. The van der Waals surface area contributed by atoms with Gasteiger partial charge in [-0.25, -0.2) is 0 Å². The molecule has 0 aliphatic carbocycles. The molecule has 0 amide bonds. The van der Waals surface area contributed by atoms with E-state index in [1.165, 1.54) is 0 Å². The van der Waals surface area contributed by atoms with E-state index in [0.29, 0.717) is 23.1 Å². The summed E-state index contributed by atoms with van der Waals surface area (Å²) in [6, 6.07) is 3.74. The van der Waals surface area contributed by atoms with Gasteiger partial charge in [-0.3, -0.25) is 0 Å². The van der Waals surface area contributed by atoms with Crippen molar-refractivity contribution in [1.82, 2.24) is 0 Å². The van der Waals surface area contributed by atoms with Gasteiger partial charge in [0.15, 0.2) is 11.5 Å². The van der Waals surface area contributed by atoms with Crippen LogP contribution >= 0.6 is 11.6 Å². The second kappa shape index (κ2) is 6.52. The zero-order valence-electron chi connectivity index (χ0n) is 10.2. The molecule has 1 rings (SSSR count). The molecule has 17 heavy (non-hydrogen) atoms. The van der Waals surface area contributed by atoms with Gasteiger partial charge in [-0.15, -0.1) is 0 Å². The number of ether oxygens (including phenoxy) is 2. The lowest BCUT2D eigenvalue weighted by Gasteiger charge is -2.16. The van der Waals surface area contributed by atoms with Crippen molar-refractivity contribution in [3.63, 3.8) is 0 Å². The first-order valence-corrected chi connectivity index (χ1v) is 5.85. The molecule has 0 heterocycles. The highest BCUT2D eigenvalue weighted by Crippen LogP contribution is 2.37. The molecule has 0 saturated heterocycles. The first-order valence-electron chi connectivity index (χ1n) is 5.48. The fraction of sp³-hybridized carbons (Fsp3) is 0.385. The molecule has 0 saturated carbocycles. The van der Waals surface area contributed by atoms with E-state index in [1.807, 2.05) is 19.1 Å². The van der Waals surface area contributed by atoms with E-state index in [-0.39, 0.29) is 6.10 Å². The Balaban J connectivity index is 3.07. The number of halogens is 1. The number of hydrogen-bond acceptors (Lipinski definition) is 3. The van der Waals surface area contributed by atoms with E-state index in [4.69, 9.17) is 26.8 Å². The molecule has 0 spiro atoms. The second-order valence-corrected chi connectivity index (χ2v) is 4.11. The van der Waals surface area contributed by atoms with Gasteiger partial charge in [0, 0.05) is 0 Å². The van der Waals surface area contributed by atoms with Crippen molar-refractivity contribution in [2.45, 2.75) is 19.4 Å². The summed E-state index contributed by atoms with van der Waals surface area (Å²) in [7, 11) is 1.59. The SMILES string of the molecule is C=CC(C)Oc1c(Cl)cc(CCN)cc1OC. The summed E-state index contributed by atoms with van der Waals surface area (Å²) in [5.74, 6) is 1.16. The maximum absolute atomic E-state index is 6.17. The highest BCUT2D eigenvalue weighted by Gasteiger charge is 2.13. The van der Waals surface area contributed by atoms with E-state index in [9.17, 15) is 0 Å². The second-order valence-electron chi connectivity index (χ2n) is 3.71. The topological polar surface area (TPSA) is 44.5 Å². The molecule has 0 aliphatic heterocycles. The lowest BCUT2D eigenvalue weighted by Crippen LogP contribution is -2.09. The van der Waals surface area contributed by atoms with Crippen LogP contribution in [0.3, 0.4) is 0 Å². The van der Waals surface area contributed by atoms with Crippen LogP contribution in [0.4, 0.5) is 0 Å². The molecule has 2 N–H and O–H groups in total. The van der Waals surface area contributed by atoms with Gasteiger partial charge in [-0.05, 0) is 37.6 Å². The molecular weight excluding hydrogens is 238 g/mol. The van der Waals surface area contributed by atoms with Crippen LogP contribution in [0.2, 0.25) is 5.02 Å². The Hall–Kier alpha value is -1.19. The van der Waals surface area contributed by atoms with Gasteiger partial charge >= 0.3 is 0 Å². The van der Waals surface area contributed by atoms with Crippen LogP contribution in [-0.2, 0) is 6.42 Å². The maximum Gasteiger partial charge on any atom is 0.180 e. The van der Waals surface area contributed by atoms with Crippen LogP contribution in [0.5, 0.6) is 11.5 Å². The highest BCUT2D eigenvalue weighted by molar-refractivity contribution is 6.32. The number of rotatable bonds is 6. The third-order valence-electron chi connectivity index (χ3n) is 2.36. The lowest BCUT2D eigenvalue weighted by atomic mass is 10.1. The predicted octanol–water partition coefficient (Wildman–Crippen LogP) is 2.80. The summed E-state index contributed by atoms with van der Waals surface area (Å²) in [4.78, 5) is 0. The molecule has 4 heteroatoms. The van der Waals surface area contributed by atoms with E-state index >= 15 is 0 Å². The summed E-state index contributed by atoms with van der Waals surface area (Å²) in [6.45, 7) is 6.12. The average Bonchev–Trinajstić information content (AvgIpc) is 2.32. The zero-order chi connectivity index (χ0) is 12.8. The van der Waals surface area contributed by atoms with E-state index in [1.54, 1.807) is 13.2 Å². The van der Waals surface area contributed by atoms with Crippen LogP contribution in [0.25, 0.3) is 0 Å². The van der Waals surface area contributed by atoms with E-state index < -0.39 is 0 Å². The van der Waals surface area contributed by atoms with Gasteiger partial charge < -0.3 is 15.2 Å². The fourth-order valence-corrected chi connectivity index (χ4v) is 1.71.